The lowest BCUT2D eigenvalue weighted by molar-refractivity contribution is -0.138. The molecule has 18 heavy (non-hydrogen) atoms. The predicted molar refractivity (Wildman–Crippen MR) is 61.9 cm³/mol. The van der Waals surface area contributed by atoms with Crippen molar-refractivity contribution in [2.24, 2.45) is 5.92 Å². The zero-order valence-electron chi connectivity index (χ0n) is 10.2. The van der Waals surface area contributed by atoms with Crippen molar-refractivity contribution in [1.82, 2.24) is 15.0 Å². The monoisotopic (exact) mass is 251 g/mol. The summed E-state index contributed by atoms with van der Waals surface area (Å²) in [7, 11) is 0. The quantitative estimate of drug-likeness (QED) is 0.848. The molecule has 2 heterocycles. The van der Waals surface area contributed by atoms with E-state index in [0.29, 0.717) is 12.5 Å². The third kappa shape index (κ3) is 2.69. The van der Waals surface area contributed by atoms with E-state index in [1.807, 2.05) is 0 Å². The van der Waals surface area contributed by atoms with E-state index in [4.69, 9.17) is 9.63 Å². The topological polar surface area (TPSA) is 79.5 Å². The summed E-state index contributed by atoms with van der Waals surface area (Å²) >= 11 is 0. The highest BCUT2D eigenvalue weighted by molar-refractivity contribution is 5.67. The molecular formula is C12H17N3O3. The van der Waals surface area contributed by atoms with Crippen molar-refractivity contribution >= 4 is 5.97 Å². The first-order chi connectivity index (χ1) is 8.70. The smallest absolute Gasteiger partial charge is 0.303 e. The molecule has 1 saturated carbocycles. The van der Waals surface area contributed by atoms with Gasteiger partial charge in [-0.2, -0.15) is 4.98 Å². The highest BCUT2D eigenvalue weighted by Gasteiger charge is 2.30. The number of carboxylic acids is 1. The zero-order valence-corrected chi connectivity index (χ0v) is 10.2. The number of hydrogen-bond acceptors (Lipinski definition) is 5. The van der Waals surface area contributed by atoms with Crippen LogP contribution in [0.5, 0.6) is 0 Å². The summed E-state index contributed by atoms with van der Waals surface area (Å²) in [5.74, 6) is 1.54. The second-order valence-corrected chi connectivity index (χ2v) is 5.31. The molecule has 0 spiro atoms. The second kappa shape index (κ2) is 4.68. The maximum atomic E-state index is 10.6. The minimum Gasteiger partial charge on any atom is -0.481 e. The molecule has 1 N–H and O–H groups in total. The van der Waals surface area contributed by atoms with Gasteiger partial charge in [0, 0.05) is 18.9 Å². The lowest BCUT2D eigenvalue weighted by atomic mass is 10.1. The van der Waals surface area contributed by atoms with Gasteiger partial charge in [-0.05, 0) is 31.7 Å². The number of hydrogen-bond donors (Lipinski definition) is 1. The summed E-state index contributed by atoms with van der Waals surface area (Å²) in [6.07, 6.45) is 3.52. The maximum Gasteiger partial charge on any atom is 0.303 e. The normalized spacial score (nSPS) is 24.6. The lowest BCUT2D eigenvalue weighted by Crippen LogP contribution is -2.21. The van der Waals surface area contributed by atoms with Gasteiger partial charge in [-0.25, -0.2) is 0 Å². The van der Waals surface area contributed by atoms with Crippen LogP contribution in [0.2, 0.25) is 0 Å². The van der Waals surface area contributed by atoms with Crippen LogP contribution in [0, 0.1) is 5.92 Å². The van der Waals surface area contributed by atoms with Gasteiger partial charge in [0.25, 0.3) is 0 Å². The standard InChI is InChI=1S/C12H17N3O3/c16-11(17)5-8-3-4-15(6-8)7-10-13-12(18-14-10)9-1-2-9/h8-9H,1-7H2,(H,16,17). The molecule has 1 saturated heterocycles. The van der Waals surface area contributed by atoms with Crippen molar-refractivity contribution in [2.45, 2.75) is 38.1 Å². The van der Waals surface area contributed by atoms with E-state index in [1.54, 1.807) is 0 Å². The number of aliphatic carboxylic acids is 1. The van der Waals surface area contributed by atoms with E-state index in [1.165, 1.54) is 0 Å². The van der Waals surface area contributed by atoms with Gasteiger partial charge in [0.15, 0.2) is 5.82 Å². The van der Waals surface area contributed by atoms with Gasteiger partial charge < -0.3 is 9.63 Å². The van der Waals surface area contributed by atoms with Crippen molar-refractivity contribution in [3.63, 3.8) is 0 Å². The number of aromatic nitrogens is 2. The molecule has 2 aliphatic rings. The van der Waals surface area contributed by atoms with E-state index in [2.05, 4.69) is 15.0 Å². The fourth-order valence-electron chi connectivity index (χ4n) is 2.50. The van der Waals surface area contributed by atoms with Crippen LogP contribution in [-0.4, -0.2) is 39.2 Å². The third-order valence-electron chi connectivity index (χ3n) is 3.61. The van der Waals surface area contributed by atoms with Crippen LogP contribution in [-0.2, 0) is 11.3 Å². The van der Waals surface area contributed by atoms with Crippen LogP contribution in [0.15, 0.2) is 4.52 Å². The van der Waals surface area contributed by atoms with E-state index < -0.39 is 5.97 Å². The molecule has 1 unspecified atom stereocenters. The molecule has 0 bridgehead atoms. The predicted octanol–water partition coefficient (Wildman–Crippen LogP) is 1.24. The summed E-state index contributed by atoms with van der Waals surface area (Å²) in [5.41, 5.74) is 0. The summed E-state index contributed by atoms with van der Waals surface area (Å²) in [4.78, 5) is 17.2. The minimum atomic E-state index is -0.711. The van der Waals surface area contributed by atoms with E-state index >= 15 is 0 Å². The molecule has 3 rings (SSSR count). The van der Waals surface area contributed by atoms with Gasteiger partial charge in [-0.1, -0.05) is 5.16 Å². The Balaban J connectivity index is 1.52. The van der Waals surface area contributed by atoms with E-state index in [-0.39, 0.29) is 12.3 Å². The Labute approximate surface area is 105 Å². The van der Waals surface area contributed by atoms with Crippen molar-refractivity contribution in [3.8, 4) is 0 Å². The Kier molecular flexibility index (Phi) is 3.03. The van der Waals surface area contributed by atoms with Crippen LogP contribution in [0.1, 0.15) is 43.3 Å². The fraction of sp³-hybridized carbons (Fsp3) is 0.750. The van der Waals surface area contributed by atoms with Crippen molar-refractivity contribution in [3.05, 3.63) is 11.7 Å². The van der Waals surface area contributed by atoms with Crippen molar-refractivity contribution in [1.29, 1.82) is 0 Å². The molecule has 2 fully saturated rings. The van der Waals surface area contributed by atoms with Gasteiger partial charge in [0.1, 0.15) is 0 Å². The molecule has 1 aromatic rings. The van der Waals surface area contributed by atoms with Crippen molar-refractivity contribution < 1.29 is 14.4 Å². The van der Waals surface area contributed by atoms with Crippen LogP contribution < -0.4 is 0 Å². The first kappa shape index (κ1) is 11.6. The minimum absolute atomic E-state index is 0.260. The molecule has 6 heteroatoms. The maximum absolute atomic E-state index is 10.6. The average Bonchev–Trinajstić information content (AvgIpc) is 2.92. The Morgan fingerprint density at radius 2 is 2.28 bits per heavy atom. The van der Waals surface area contributed by atoms with Gasteiger partial charge >= 0.3 is 5.97 Å². The Morgan fingerprint density at radius 3 is 3.00 bits per heavy atom. The summed E-state index contributed by atoms with van der Waals surface area (Å²) < 4.78 is 5.21. The van der Waals surface area contributed by atoms with Crippen LogP contribution >= 0.6 is 0 Å². The molecule has 1 atom stereocenters. The SMILES string of the molecule is O=C(O)CC1CCN(Cc2noc(C3CC3)n2)C1. The number of rotatable bonds is 5. The summed E-state index contributed by atoms with van der Waals surface area (Å²) in [5, 5.41) is 12.7. The molecule has 1 aromatic heterocycles. The van der Waals surface area contributed by atoms with Crippen LogP contribution in [0.4, 0.5) is 0 Å². The Bertz CT molecular complexity index is 442. The highest BCUT2D eigenvalue weighted by Crippen LogP contribution is 2.38. The molecule has 0 aromatic carbocycles. The third-order valence-corrected chi connectivity index (χ3v) is 3.61. The number of carboxylic acid groups (broad SMARTS) is 1. The number of likely N-dealkylation sites (tertiary alicyclic amines) is 1. The highest BCUT2D eigenvalue weighted by atomic mass is 16.5. The first-order valence-corrected chi connectivity index (χ1v) is 6.47. The summed E-state index contributed by atoms with van der Waals surface area (Å²) in [6.45, 7) is 2.41. The lowest BCUT2D eigenvalue weighted by Gasteiger charge is -2.12. The van der Waals surface area contributed by atoms with E-state index in [0.717, 1.165) is 44.1 Å². The van der Waals surface area contributed by atoms with E-state index in [9.17, 15) is 4.79 Å². The Morgan fingerprint density at radius 1 is 1.44 bits per heavy atom. The van der Waals surface area contributed by atoms with Crippen molar-refractivity contribution in [2.75, 3.05) is 13.1 Å². The molecular weight excluding hydrogens is 234 g/mol. The number of carbonyl (C=O) groups is 1. The molecule has 1 aliphatic carbocycles. The fourth-order valence-corrected chi connectivity index (χ4v) is 2.50. The largest absolute Gasteiger partial charge is 0.481 e. The molecule has 6 nitrogen and oxygen atoms in total. The molecule has 98 valence electrons. The average molecular weight is 251 g/mol. The van der Waals surface area contributed by atoms with Gasteiger partial charge in [-0.15, -0.1) is 0 Å². The molecule has 1 aliphatic heterocycles. The zero-order chi connectivity index (χ0) is 12.5. The molecule has 0 amide bonds. The van der Waals surface area contributed by atoms with Gasteiger partial charge in [0.05, 0.1) is 6.54 Å². The van der Waals surface area contributed by atoms with Crippen LogP contribution in [0.3, 0.4) is 0 Å². The Hall–Kier alpha value is -1.43. The van der Waals surface area contributed by atoms with Crippen LogP contribution in [0.25, 0.3) is 0 Å². The summed E-state index contributed by atoms with van der Waals surface area (Å²) in [6, 6.07) is 0. The number of nitrogens with zero attached hydrogens (tertiary/aromatic N) is 3. The van der Waals surface area contributed by atoms with Gasteiger partial charge in [-0.3, -0.25) is 9.69 Å². The second-order valence-electron chi connectivity index (χ2n) is 5.31. The first-order valence-electron chi connectivity index (χ1n) is 6.47. The van der Waals surface area contributed by atoms with Gasteiger partial charge in [0.2, 0.25) is 5.89 Å². The molecule has 0 radical (unpaired) electrons.